The molecule has 1 atom stereocenters. The molecule has 1 aliphatic rings. The van der Waals surface area contributed by atoms with Crippen LogP contribution in [-0.4, -0.2) is 22.1 Å². The molecule has 0 aliphatic heterocycles. The van der Waals surface area contributed by atoms with Gasteiger partial charge in [-0.05, 0) is 30.9 Å². The minimum atomic E-state index is -1.20. The summed E-state index contributed by atoms with van der Waals surface area (Å²) in [4.78, 5) is 22.5. The second-order valence-electron chi connectivity index (χ2n) is 4.65. The maximum absolute atomic E-state index is 11.8. The van der Waals surface area contributed by atoms with E-state index in [0.717, 1.165) is 12.8 Å². The van der Waals surface area contributed by atoms with Gasteiger partial charge in [-0.2, -0.15) is 0 Å². The predicted molar refractivity (Wildman–Crippen MR) is 65.6 cm³/mol. The van der Waals surface area contributed by atoms with E-state index in [-0.39, 0.29) is 23.1 Å². The van der Waals surface area contributed by atoms with Gasteiger partial charge in [-0.3, -0.25) is 4.79 Å². The Bertz CT molecular complexity index is 494. The van der Waals surface area contributed by atoms with E-state index in [2.05, 4.69) is 5.32 Å². The normalized spacial score (nSPS) is 16.1. The molecule has 1 fully saturated rings. The van der Waals surface area contributed by atoms with Crippen molar-refractivity contribution >= 4 is 17.6 Å². The lowest BCUT2D eigenvalue weighted by Crippen LogP contribution is -2.21. The standard InChI is InChI=1S/C13H15NO4/c1-7(8-2-3-8)12(16)14-9-4-5-10(13(17)18)11(15)6-9/h4-8,15H,2-3H2,1H3,(H,14,16)(H,17,18). The van der Waals surface area contributed by atoms with Crippen molar-refractivity contribution < 1.29 is 19.8 Å². The van der Waals surface area contributed by atoms with E-state index >= 15 is 0 Å². The molecular weight excluding hydrogens is 234 g/mol. The molecule has 1 unspecified atom stereocenters. The first kappa shape index (κ1) is 12.4. The number of benzene rings is 1. The van der Waals surface area contributed by atoms with E-state index < -0.39 is 5.97 Å². The van der Waals surface area contributed by atoms with Crippen molar-refractivity contribution in [2.75, 3.05) is 5.32 Å². The van der Waals surface area contributed by atoms with E-state index in [1.54, 1.807) is 0 Å². The number of amides is 1. The van der Waals surface area contributed by atoms with Gasteiger partial charge in [0.05, 0.1) is 0 Å². The maximum atomic E-state index is 11.8. The molecule has 1 amide bonds. The highest BCUT2D eigenvalue weighted by atomic mass is 16.4. The summed E-state index contributed by atoms with van der Waals surface area (Å²) in [6, 6.07) is 4.00. The number of phenols is 1. The van der Waals surface area contributed by atoms with Crippen molar-refractivity contribution in [1.82, 2.24) is 0 Å². The van der Waals surface area contributed by atoms with E-state index in [0.29, 0.717) is 11.6 Å². The molecule has 0 saturated heterocycles. The Morgan fingerprint density at radius 2 is 2.06 bits per heavy atom. The van der Waals surface area contributed by atoms with Crippen LogP contribution in [0.25, 0.3) is 0 Å². The van der Waals surface area contributed by atoms with Gasteiger partial charge in [-0.15, -0.1) is 0 Å². The summed E-state index contributed by atoms with van der Waals surface area (Å²) in [5, 5.41) is 20.9. The fraction of sp³-hybridized carbons (Fsp3) is 0.385. The lowest BCUT2D eigenvalue weighted by Gasteiger charge is -2.11. The molecule has 0 bridgehead atoms. The zero-order chi connectivity index (χ0) is 13.3. The van der Waals surface area contributed by atoms with Crippen LogP contribution >= 0.6 is 0 Å². The minimum Gasteiger partial charge on any atom is -0.507 e. The number of carboxylic acids is 1. The number of aromatic hydroxyl groups is 1. The summed E-state index contributed by atoms with van der Waals surface area (Å²) in [6.45, 7) is 1.87. The Kier molecular flexibility index (Phi) is 3.23. The van der Waals surface area contributed by atoms with Crippen molar-refractivity contribution in [1.29, 1.82) is 0 Å². The molecule has 1 aliphatic carbocycles. The number of hydrogen-bond donors (Lipinski definition) is 3. The van der Waals surface area contributed by atoms with Crippen LogP contribution < -0.4 is 5.32 Å². The summed E-state index contributed by atoms with van der Waals surface area (Å²) in [7, 11) is 0. The molecular formula is C13H15NO4. The van der Waals surface area contributed by atoms with E-state index in [9.17, 15) is 14.7 Å². The molecule has 1 saturated carbocycles. The molecule has 0 aromatic heterocycles. The molecule has 5 heteroatoms. The highest BCUT2D eigenvalue weighted by Crippen LogP contribution is 2.37. The van der Waals surface area contributed by atoms with E-state index in [1.807, 2.05) is 6.92 Å². The van der Waals surface area contributed by atoms with Gasteiger partial charge in [-0.1, -0.05) is 6.92 Å². The maximum Gasteiger partial charge on any atom is 0.339 e. The first-order valence-electron chi connectivity index (χ1n) is 5.86. The third-order valence-electron chi connectivity index (χ3n) is 3.24. The fourth-order valence-electron chi connectivity index (χ4n) is 1.86. The lowest BCUT2D eigenvalue weighted by molar-refractivity contribution is -0.119. The number of hydrogen-bond acceptors (Lipinski definition) is 3. The second kappa shape index (κ2) is 4.68. The van der Waals surface area contributed by atoms with Gasteiger partial charge in [0, 0.05) is 17.7 Å². The number of nitrogens with one attached hydrogen (secondary N) is 1. The quantitative estimate of drug-likeness (QED) is 0.762. The van der Waals surface area contributed by atoms with Crippen LogP contribution in [0.3, 0.4) is 0 Å². The van der Waals surface area contributed by atoms with Gasteiger partial charge >= 0.3 is 5.97 Å². The fourth-order valence-corrected chi connectivity index (χ4v) is 1.86. The topological polar surface area (TPSA) is 86.6 Å². The van der Waals surface area contributed by atoms with Gasteiger partial charge in [-0.25, -0.2) is 4.79 Å². The molecule has 2 rings (SSSR count). The van der Waals surface area contributed by atoms with Gasteiger partial charge in [0.1, 0.15) is 11.3 Å². The smallest absolute Gasteiger partial charge is 0.339 e. The summed E-state index contributed by atoms with van der Waals surface area (Å²) in [5.74, 6) is -1.24. The van der Waals surface area contributed by atoms with Crippen LogP contribution in [0, 0.1) is 11.8 Å². The van der Waals surface area contributed by atoms with Gasteiger partial charge in [0.15, 0.2) is 0 Å². The number of carboxylic acid groups (broad SMARTS) is 1. The molecule has 1 aromatic carbocycles. The van der Waals surface area contributed by atoms with Crippen molar-refractivity contribution in [3.8, 4) is 5.75 Å². The number of carbonyl (C=O) groups excluding carboxylic acids is 1. The largest absolute Gasteiger partial charge is 0.507 e. The van der Waals surface area contributed by atoms with Gasteiger partial charge in [0.25, 0.3) is 0 Å². The first-order valence-corrected chi connectivity index (χ1v) is 5.86. The zero-order valence-corrected chi connectivity index (χ0v) is 10.0. The zero-order valence-electron chi connectivity index (χ0n) is 10.0. The van der Waals surface area contributed by atoms with Crippen molar-refractivity contribution in [2.24, 2.45) is 11.8 Å². The minimum absolute atomic E-state index is 0.0497. The molecule has 0 radical (unpaired) electrons. The first-order chi connectivity index (χ1) is 8.49. The summed E-state index contributed by atoms with van der Waals surface area (Å²) < 4.78 is 0. The van der Waals surface area contributed by atoms with Crippen LogP contribution in [0.4, 0.5) is 5.69 Å². The summed E-state index contributed by atoms with van der Waals surface area (Å²) in [5.41, 5.74) is 0.234. The molecule has 18 heavy (non-hydrogen) atoms. The second-order valence-corrected chi connectivity index (χ2v) is 4.65. The van der Waals surface area contributed by atoms with Crippen LogP contribution in [0.1, 0.15) is 30.1 Å². The highest BCUT2D eigenvalue weighted by Gasteiger charge is 2.32. The number of anilines is 1. The Balaban J connectivity index is 2.07. The molecule has 0 spiro atoms. The monoisotopic (exact) mass is 249 g/mol. The molecule has 5 nitrogen and oxygen atoms in total. The van der Waals surface area contributed by atoms with Crippen molar-refractivity contribution in [3.63, 3.8) is 0 Å². The van der Waals surface area contributed by atoms with E-state index in [4.69, 9.17) is 5.11 Å². The summed E-state index contributed by atoms with van der Waals surface area (Å²) in [6.07, 6.45) is 2.16. The average molecular weight is 249 g/mol. The van der Waals surface area contributed by atoms with Crippen molar-refractivity contribution in [3.05, 3.63) is 23.8 Å². The van der Waals surface area contributed by atoms with Gasteiger partial charge in [0.2, 0.25) is 5.91 Å². The molecule has 3 N–H and O–H groups in total. The predicted octanol–water partition coefficient (Wildman–Crippen LogP) is 2.07. The Morgan fingerprint density at radius 3 is 2.56 bits per heavy atom. The van der Waals surface area contributed by atoms with Crippen LogP contribution in [-0.2, 0) is 4.79 Å². The van der Waals surface area contributed by atoms with Gasteiger partial charge < -0.3 is 15.5 Å². The molecule has 96 valence electrons. The lowest BCUT2D eigenvalue weighted by atomic mass is 10.1. The molecule has 0 heterocycles. The van der Waals surface area contributed by atoms with Crippen LogP contribution in [0.2, 0.25) is 0 Å². The highest BCUT2D eigenvalue weighted by molar-refractivity contribution is 5.95. The van der Waals surface area contributed by atoms with Crippen LogP contribution in [0.5, 0.6) is 5.75 Å². The Labute approximate surface area is 104 Å². The Morgan fingerprint density at radius 1 is 1.39 bits per heavy atom. The third kappa shape index (κ3) is 2.61. The van der Waals surface area contributed by atoms with Crippen molar-refractivity contribution in [2.45, 2.75) is 19.8 Å². The van der Waals surface area contributed by atoms with E-state index in [1.165, 1.54) is 18.2 Å². The third-order valence-corrected chi connectivity index (χ3v) is 3.24. The Hall–Kier alpha value is -2.04. The number of rotatable bonds is 4. The number of carbonyl (C=O) groups is 2. The van der Waals surface area contributed by atoms with Crippen LogP contribution in [0.15, 0.2) is 18.2 Å². The summed E-state index contributed by atoms with van der Waals surface area (Å²) >= 11 is 0. The number of aromatic carboxylic acids is 1. The average Bonchev–Trinajstić information content (AvgIpc) is 3.11. The SMILES string of the molecule is CC(C(=O)Nc1ccc(C(=O)O)c(O)c1)C1CC1. The molecule has 1 aromatic rings.